The summed E-state index contributed by atoms with van der Waals surface area (Å²) < 4.78 is 31.8. The van der Waals surface area contributed by atoms with Crippen LogP contribution in [0.2, 0.25) is 0 Å². The van der Waals surface area contributed by atoms with Gasteiger partial charge in [0.05, 0.1) is 10.6 Å². The van der Waals surface area contributed by atoms with Gasteiger partial charge >= 0.3 is 5.97 Å². The van der Waals surface area contributed by atoms with Crippen molar-refractivity contribution in [3.63, 3.8) is 0 Å². The Morgan fingerprint density at radius 2 is 1.87 bits per heavy atom. The van der Waals surface area contributed by atoms with E-state index in [1.54, 1.807) is 12.1 Å². The zero-order valence-electron chi connectivity index (χ0n) is 12.4. The van der Waals surface area contributed by atoms with E-state index in [9.17, 15) is 13.2 Å². The number of aliphatic carboxylic acids is 1. The minimum Gasteiger partial charge on any atom is -0.480 e. The number of ether oxygens (including phenoxy) is 1. The van der Waals surface area contributed by atoms with Crippen molar-refractivity contribution < 1.29 is 23.1 Å². The summed E-state index contributed by atoms with van der Waals surface area (Å²) in [5, 5.41) is 10.2. The van der Waals surface area contributed by atoms with Crippen LogP contribution in [0.4, 0.5) is 5.69 Å². The maximum Gasteiger partial charge on any atom is 0.329 e. The first-order valence-electron chi connectivity index (χ1n) is 7.36. The van der Waals surface area contributed by atoms with Crippen molar-refractivity contribution in [2.75, 3.05) is 24.1 Å². The van der Waals surface area contributed by atoms with Crippen molar-refractivity contribution in [1.82, 2.24) is 0 Å². The third kappa shape index (κ3) is 2.89. The minimum absolute atomic E-state index is 0.303. The van der Waals surface area contributed by atoms with Crippen LogP contribution in [0.15, 0.2) is 41.3 Å². The molecule has 1 aliphatic heterocycles. The van der Waals surface area contributed by atoms with Gasteiger partial charge in [-0.3, -0.25) is 4.31 Å². The second-order valence-corrected chi connectivity index (χ2v) is 7.19. The van der Waals surface area contributed by atoms with Crippen molar-refractivity contribution in [3.05, 3.63) is 36.4 Å². The molecule has 0 saturated carbocycles. The molecule has 1 N–H and O–H groups in total. The number of benzene rings is 2. The first-order chi connectivity index (χ1) is 11.0. The van der Waals surface area contributed by atoms with Crippen LogP contribution in [0.1, 0.15) is 12.8 Å². The molecule has 2 aromatic carbocycles. The van der Waals surface area contributed by atoms with E-state index in [2.05, 4.69) is 0 Å². The molecule has 122 valence electrons. The van der Waals surface area contributed by atoms with Crippen LogP contribution in [0.25, 0.3) is 10.8 Å². The lowest BCUT2D eigenvalue weighted by Gasteiger charge is -2.18. The first kappa shape index (κ1) is 15.8. The van der Waals surface area contributed by atoms with Crippen LogP contribution in [-0.2, 0) is 19.6 Å². The van der Waals surface area contributed by atoms with Gasteiger partial charge in [0, 0.05) is 18.5 Å². The number of rotatable bonds is 7. The molecule has 0 bridgehead atoms. The Hall–Kier alpha value is -2.12. The second-order valence-electron chi connectivity index (χ2n) is 5.36. The Labute approximate surface area is 134 Å². The Balaban J connectivity index is 1.72. The summed E-state index contributed by atoms with van der Waals surface area (Å²) in [4.78, 5) is 10.7. The molecule has 0 spiro atoms. The topological polar surface area (TPSA) is 83.9 Å². The molecule has 3 rings (SSSR count). The van der Waals surface area contributed by atoms with Crippen molar-refractivity contribution >= 4 is 32.5 Å². The van der Waals surface area contributed by atoms with E-state index in [1.807, 2.05) is 24.3 Å². The quantitative estimate of drug-likeness (QED) is 0.785. The molecule has 23 heavy (non-hydrogen) atoms. The van der Waals surface area contributed by atoms with Gasteiger partial charge in [-0.25, -0.2) is 13.2 Å². The van der Waals surface area contributed by atoms with E-state index >= 15 is 0 Å². The molecular weight excluding hydrogens is 318 g/mol. The minimum atomic E-state index is -3.51. The molecule has 0 unspecified atom stereocenters. The van der Waals surface area contributed by atoms with E-state index in [0.29, 0.717) is 36.6 Å². The fourth-order valence-electron chi connectivity index (χ4n) is 2.82. The van der Waals surface area contributed by atoms with Gasteiger partial charge in [-0.1, -0.05) is 24.3 Å². The summed E-state index contributed by atoms with van der Waals surface area (Å²) in [5.41, 5.74) is 0.713. The highest BCUT2D eigenvalue weighted by Crippen LogP contribution is 2.41. The van der Waals surface area contributed by atoms with Crippen LogP contribution >= 0.6 is 0 Å². The number of carboxylic acids is 1. The molecule has 0 saturated heterocycles. The molecule has 0 aliphatic carbocycles. The lowest BCUT2D eigenvalue weighted by molar-refractivity contribution is -0.142. The van der Waals surface area contributed by atoms with E-state index < -0.39 is 16.0 Å². The summed E-state index contributed by atoms with van der Waals surface area (Å²) in [7, 11) is -3.51. The summed E-state index contributed by atoms with van der Waals surface area (Å²) in [6.07, 6.45) is 1.20. The summed E-state index contributed by atoms with van der Waals surface area (Å²) >= 11 is 0. The van der Waals surface area contributed by atoms with E-state index in [-0.39, 0.29) is 6.61 Å². The number of hydrogen-bond acceptors (Lipinski definition) is 4. The highest BCUT2D eigenvalue weighted by Gasteiger charge is 2.34. The Morgan fingerprint density at radius 3 is 2.61 bits per heavy atom. The normalized spacial score (nSPS) is 15.2. The van der Waals surface area contributed by atoms with Crippen molar-refractivity contribution in [3.8, 4) is 0 Å². The van der Waals surface area contributed by atoms with Gasteiger partial charge in [-0.2, -0.15) is 0 Å². The smallest absolute Gasteiger partial charge is 0.329 e. The van der Waals surface area contributed by atoms with Gasteiger partial charge in [-0.05, 0) is 30.4 Å². The first-order valence-corrected chi connectivity index (χ1v) is 8.80. The number of hydrogen-bond donors (Lipinski definition) is 1. The molecule has 0 fully saturated rings. The Kier molecular flexibility index (Phi) is 4.23. The molecular formula is C16H17NO5S. The monoisotopic (exact) mass is 335 g/mol. The number of nitrogens with zero attached hydrogens (tertiary/aromatic N) is 1. The van der Waals surface area contributed by atoms with Crippen molar-refractivity contribution in [2.45, 2.75) is 17.7 Å². The van der Waals surface area contributed by atoms with Gasteiger partial charge in [-0.15, -0.1) is 0 Å². The zero-order chi connectivity index (χ0) is 16.4. The summed E-state index contributed by atoms with van der Waals surface area (Å²) in [6, 6.07) is 10.9. The van der Waals surface area contributed by atoms with Gasteiger partial charge in [0.1, 0.15) is 6.61 Å². The average molecular weight is 335 g/mol. The standard InChI is InChI=1S/C16H17NO5S/c18-15(19)11-22-10-2-1-9-17-13-7-3-5-12-6-4-8-14(16(12)13)23(17,20)21/h3-8H,1-2,9-11H2,(H,18,19). The number of carboxylic acid groups (broad SMARTS) is 1. The maximum absolute atomic E-state index is 12.7. The number of unbranched alkanes of at least 4 members (excludes halogenated alkanes) is 1. The SMILES string of the molecule is O=C(O)COCCCCN1c2cccc3cccc(c23)S1(=O)=O. The molecule has 0 amide bonds. The lowest BCUT2D eigenvalue weighted by Crippen LogP contribution is -2.28. The third-order valence-electron chi connectivity index (χ3n) is 3.81. The van der Waals surface area contributed by atoms with Crippen molar-refractivity contribution in [2.24, 2.45) is 0 Å². The largest absolute Gasteiger partial charge is 0.480 e. The van der Waals surface area contributed by atoms with Gasteiger partial charge in [0.25, 0.3) is 10.0 Å². The number of anilines is 1. The van der Waals surface area contributed by atoms with E-state index in [4.69, 9.17) is 9.84 Å². The predicted molar refractivity (Wildman–Crippen MR) is 86.2 cm³/mol. The Bertz CT molecular complexity index is 841. The van der Waals surface area contributed by atoms with Crippen molar-refractivity contribution in [1.29, 1.82) is 0 Å². The maximum atomic E-state index is 12.7. The third-order valence-corrected chi connectivity index (χ3v) is 5.66. The average Bonchev–Trinajstić information content (AvgIpc) is 2.73. The van der Waals surface area contributed by atoms with E-state index in [0.717, 1.165) is 10.8 Å². The van der Waals surface area contributed by atoms with Crippen LogP contribution in [0.5, 0.6) is 0 Å². The zero-order valence-corrected chi connectivity index (χ0v) is 13.3. The highest BCUT2D eigenvalue weighted by atomic mass is 32.2. The molecule has 6 nitrogen and oxygen atoms in total. The fraction of sp³-hybridized carbons (Fsp3) is 0.312. The number of sulfonamides is 1. The van der Waals surface area contributed by atoms with E-state index in [1.165, 1.54) is 4.31 Å². The summed E-state index contributed by atoms with van der Waals surface area (Å²) in [5.74, 6) is -1.01. The molecule has 7 heteroatoms. The van der Waals surface area contributed by atoms with Crippen LogP contribution < -0.4 is 4.31 Å². The molecule has 0 aromatic heterocycles. The second kappa shape index (κ2) is 6.17. The van der Waals surface area contributed by atoms with Crippen LogP contribution in [0.3, 0.4) is 0 Å². The van der Waals surface area contributed by atoms with Gasteiger partial charge in [0.2, 0.25) is 0 Å². The number of carbonyl (C=O) groups is 1. The molecule has 2 aromatic rings. The lowest BCUT2D eigenvalue weighted by atomic mass is 10.1. The molecule has 1 aliphatic rings. The molecule has 1 heterocycles. The van der Waals surface area contributed by atoms with Gasteiger partial charge in [0.15, 0.2) is 0 Å². The predicted octanol–water partition coefficient (Wildman–Crippen LogP) is 2.23. The molecule has 0 atom stereocenters. The van der Waals surface area contributed by atoms with Crippen LogP contribution in [0, 0.1) is 0 Å². The fourth-order valence-corrected chi connectivity index (χ4v) is 4.57. The highest BCUT2D eigenvalue weighted by molar-refractivity contribution is 7.93. The summed E-state index contributed by atoms with van der Waals surface area (Å²) in [6.45, 7) is 0.330. The van der Waals surface area contributed by atoms with Crippen LogP contribution in [-0.4, -0.2) is 39.3 Å². The molecule has 0 radical (unpaired) electrons. The van der Waals surface area contributed by atoms with Gasteiger partial charge < -0.3 is 9.84 Å². The Morgan fingerprint density at radius 1 is 1.13 bits per heavy atom.